The van der Waals surface area contributed by atoms with Gasteiger partial charge in [-0.05, 0) is 24.7 Å². The fourth-order valence-corrected chi connectivity index (χ4v) is 1.42. The van der Waals surface area contributed by atoms with Gasteiger partial charge in [-0.25, -0.2) is 0 Å². The van der Waals surface area contributed by atoms with Crippen LogP contribution in [-0.2, 0) is 4.74 Å². The van der Waals surface area contributed by atoms with Crippen molar-refractivity contribution < 1.29 is 4.74 Å². The summed E-state index contributed by atoms with van der Waals surface area (Å²) < 4.78 is 5.49. The molecule has 0 radical (unpaired) electrons. The maximum atomic E-state index is 5.49. The highest BCUT2D eigenvalue weighted by Gasteiger charge is 2.31. The van der Waals surface area contributed by atoms with Gasteiger partial charge in [0.2, 0.25) is 0 Å². The predicted molar refractivity (Wildman–Crippen MR) is 43.0 cm³/mol. The van der Waals surface area contributed by atoms with E-state index in [1.807, 2.05) is 0 Å². The molecule has 0 aromatic heterocycles. The molecule has 1 heteroatoms. The van der Waals surface area contributed by atoms with E-state index in [0.717, 1.165) is 12.5 Å². The van der Waals surface area contributed by atoms with Crippen molar-refractivity contribution in [1.82, 2.24) is 0 Å². The molecule has 1 aliphatic rings. The van der Waals surface area contributed by atoms with Crippen molar-refractivity contribution in [3.05, 3.63) is 0 Å². The average molecular weight is 142 g/mol. The molecule has 0 aliphatic carbocycles. The molecular formula is C9H18O. The molecule has 1 fully saturated rings. The molecule has 0 saturated carbocycles. The molecule has 1 saturated heterocycles. The minimum atomic E-state index is 0.435. The summed E-state index contributed by atoms with van der Waals surface area (Å²) in [4.78, 5) is 0. The first-order chi connectivity index (χ1) is 4.50. The summed E-state index contributed by atoms with van der Waals surface area (Å²) in [6.07, 6.45) is 1.73. The van der Waals surface area contributed by atoms with Crippen molar-refractivity contribution in [3.63, 3.8) is 0 Å². The zero-order valence-electron chi connectivity index (χ0n) is 7.48. The number of hydrogen-bond acceptors (Lipinski definition) is 1. The van der Waals surface area contributed by atoms with E-state index in [4.69, 9.17) is 4.74 Å². The molecule has 60 valence electrons. The van der Waals surface area contributed by atoms with Gasteiger partial charge in [-0.2, -0.15) is 0 Å². The lowest BCUT2D eigenvalue weighted by Gasteiger charge is -2.25. The molecule has 1 unspecified atom stereocenters. The lowest BCUT2D eigenvalue weighted by Crippen LogP contribution is -2.20. The van der Waals surface area contributed by atoms with Crippen LogP contribution in [0.4, 0.5) is 0 Å². The smallest absolute Gasteiger partial charge is 0.0550 e. The Morgan fingerprint density at radius 1 is 1.30 bits per heavy atom. The van der Waals surface area contributed by atoms with Crippen molar-refractivity contribution in [1.29, 1.82) is 0 Å². The predicted octanol–water partition coefficient (Wildman–Crippen LogP) is 2.46. The zero-order valence-corrected chi connectivity index (χ0v) is 7.48. The summed E-state index contributed by atoms with van der Waals surface area (Å²) in [5.41, 5.74) is 0.435. The summed E-state index contributed by atoms with van der Waals surface area (Å²) in [6.45, 7) is 9.99. The van der Waals surface area contributed by atoms with E-state index in [9.17, 15) is 0 Å². The van der Waals surface area contributed by atoms with E-state index in [1.165, 1.54) is 6.42 Å². The molecule has 0 amide bonds. The maximum absolute atomic E-state index is 5.49. The van der Waals surface area contributed by atoms with Crippen LogP contribution in [0.1, 0.15) is 34.1 Å². The summed E-state index contributed by atoms with van der Waals surface area (Å²) in [7, 11) is 0. The first-order valence-corrected chi connectivity index (χ1v) is 4.12. The van der Waals surface area contributed by atoms with E-state index in [2.05, 4.69) is 27.7 Å². The second-order valence-corrected chi connectivity index (χ2v) is 4.44. The lowest BCUT2D eigenvalue weighted by molar-refractivity contribution is 0.108. The molecule has 0 N–H and O–H groups in total. The third-order valence-corrected chi connectivity index (χ3v) is 2.42. The zero-order chi connectivity index (χ0) is 7.78. The van der Waals surface area contributed by atoms with E-state index in [0.29, 0.717) is 11.5 Å². The highest BCUT2D eigenvalue weighted by molar-refractivity contribution is 4.80. The molecule has 0 spiro atoms. The van der Waals surface area contributed by atoms with Crippen molar-refractivity contribution in [2.24, 2.45) is 11.3 Å². The third-order valence-electron chi connectivity index (χ3n) is 2.42. The molecule has 1 nitrogen and oxygen atoms in total. The van der Waals surface area contributed by atoms with Gasteiger partial charge in [-0.1, -0.05) is 20.8 Å². The van der Waals surface area contributed by atoms with E-state index < -0.39 is 0 Å². The van der Waals surface area contributed by atoms with Crippen LogP contribution in [0, 0.1) is 11.3 Å². The van der Waals surface area contributed by atoms with Crippen molar-refractivity contribution in [2.45, 2.75) is 40.2 Å². The van der Waals surface area contributed by atoms with Crippen LogP contribution in [0.5, 0.6) is 0 Å². The van der Waals surface area contributed by atoms with Gasteiger partial charge in [0, 0.05) is 0 Å². The van der Waals surface area contributed by atoms with Gasteiger partial charge in [0.25, 0.3) is 0 Å². The molecule has 1 heterocycles. The molecule has 0 aromatic carbocycles. The Bertz CT molecular complexity index is 112. The topological polar surface area (TPSA) is 9.23 Å². The van der Waals surface area contributed by atoms with Gasteiger partial charge in [0.1, 0.15) is 0 Å². The SMILES string of the molecule is CC1C[C@@H](C(C)(C)C)CO1. The quantitative estimate of drug-likeness (QED) is 0.505. The van der Waals surface area contributed by atoms with E-state index in [-0.39, 0.29) is 0 Å². The van der Waals surface area contributed by atoms with Gasteiger partial charge in [0.15, 0.2) is 0 Å². The van der Waals surface area contributed by atoms with Crippen LogP contribution in [0.15, 0.2) is 0 Å². The Morgan fingerprint density at radius 3 is 2.10 bits per heavy atom. The molecule has 0 aromatic rings. The molecule has 1 aliphatic heterocycles. The first-order valence-electron chi connectivity index (χ1n) is 4.12. The Morgan fingerprint density at radius 2 is 1.90 bits per heavy atom. The van der Waals surface area contributed by atoms with Crippen LogP contribution >= 0.6 is 0 Å². The van der Waals surface area contributed by atoms with Gasteiger partial charge in [0.05, 0.1) is 12.7 Å². The van der Waals surface area contributed by atoms with Gasteiger partial charge in [-0.15, -0.1) is 0 Å². The fraction of sp³-hybridized carbons (Fsp3) is 1.00. The standard InChI is InChI=1S/C9H18O/c1-7-5-8(6-10-7)9(2,3)4/h7-8H,5-6H2,1-4H3/t7?,8-/m1/s1. The third kappa shape index (κ3) is 1.72. The fourth-order valence-electron chi connectivity index (χ4n) is 1.42. The normalized spacial score (nSPS) is 34.8. The molecule has 2 atom stereocenters. The second-order valence-electron chi connectivity index (χ2n) is 4.44. The Hall–Kier alpha value is -0.0400. The minimum Gasteiger partial charge on any atom is -0.378 e. The number of hydrogen-bond donors (Lipinski definition) is 0. The second kappa shape index (κ2) is 2.54. The molecule has 0 bridgehead atoms. The Labute approximate surface area is 63.8 Å². The van der Waals surface area contributed by atoms with Gasteiger partial charge in [-0.3, -0.25) is 0 Å². The first kappa shape index (κ1) is 8.06. The number of ether oxygens (including phenoxy) is 1. The van der Waals surface area contributed by atoms with Crippen LogP contribution < -0.4 is 0 Å². The summed E-state index contributed by atoms with van der Waals surface area (Å²) in [6, 6.07) is 0. The maximum Gasteiger partial charge on any atom is 0.0550 e. The highest BCUT2D eigenvalue weighted by Crippen LogP contribution is 2.34. The monoisotopic (exact) mass is 142 g/mol. The molecular weight excluding hydrogens is 124 g/mol. The lowest BCUT2D eigenvalue weighted by atomic mass is 9.80. The summed E-state index contributed by atoms with van der Waals surface area (Å²) >= 11 is 0. The average Bonchev–Trinajstić information content (AvgIpc) is 2.11. The Kier molecular flexibility index (Phi) is 2.04. The molecule has 1 rings (SSSR count). The van der Waals surface area contributed by atoms with Crippen molar-refractivity contribution in [2.75, 3.05) is 6.61 Å². The van der Waals surface area contributed by atoms with Gasteiger partial charge < -0.3 is 4.74 Å². The van der Waals surface area contributed by atoms with Gasteiger partial charge >= 0.3 is 0 Å². The summed E-state index contributed by atoms with van der Waals surface area (Å²) in [5.74, 6) is 0.766. The van der Waals surface area contributed by atoms with Crippen LogP contribution in [0.2, 0.25) is 0 Å². The van der Waals surface area contributed by atoms with Crippen LogP contribution in [0.3, 0.4) is 0 Å². The van der Waals surface area contributed by atoms with Crippen LogP contribution in [0.25, 0.3) is 0 Å². The summed E-state index contributed by atoms with van der Waals surface area (Å²) in [5, 5.41) is 0. The largest absolute Gasteiger partial charge is 0.378 e. The minimum absolute atomic E-state index is 0.435. The Balaban J connectivity index is 2.45. The van der Waals surface area contributed by atoms with E-state index >= 15 is 0 Å². The molecule has 10 heavy (non-hydrogen) atoms. The number of rotatable bonds is 0. The van der Waals surface area contributed by atoms with Crippen LogP contribution in [-0.4, -0.2) is 12.7 Å². The highest BCUT2D eigenvalue weighted by atomic mass is 16.5. The van der Waals surface area contributed by atoms with Crippen molar-refractivity contribution in [3.8, 4) is 0 Å². The van der Waals surface area contributed by atoms with E-state index in [1.54, 1.807) is 0 Å². The van der Waals surface area contributed by atoms with Crippen molar-refractivity contribution >= 4 is 0 Å².